The van der Waals surface area contributed by atoms with Crippen molar-refractivity contribution in [3.63, 3.8) is 0 Å². The first-order valence-electron chi connectivity index (χ1n) is 5.60. The van der Waals surface area contributed by atoms with Crippen LogP contribution in [0.2, 0.25) is 0 Å². The van der Waals surface area contributed by atoms with Crippen LogP contribution in [0.5, 0.6) is 0 Å². The van der Waals surface area contributed by atoms with Gasteiger partial charge in [-0.3, -0.25) is 5.73 Å². The summed E-state index contributed by atoms with van der Waals surface area (Å²) in [5, 5.41) is 8.86. The highest BCUT2D eigenvalue weighted by atomic mass is 16.6. The number of nitrogens with zero attached hydrogens (tertiary/aromatic N) is 1. The zero-order valence-corrected chi connectivity index (χ0v) is 10.3. The number of rotatable bonds is 5. The van der Waals surface area contributed by atoms with E-state index in [2.05, 4.69) is 6.58 Å². The topological polar surface area (TPSA) is 76.1 Å². The zero-order chi connectivity index (χ0) is 14.1. The van der Waals surface area contributed by atoms with Gasteiger partial charge in [-0.05, 0) is 17.7 Å². The number of carbonyl (C=O) groups excluding carboxylic acids is 1. The van der Waals surface area contributed by atoms with Gasteiger partial charge < -0.3 is 4.74 Å². The Morgan fingerprint density at radius 1 is 1.42 bits per heavy atom. The second kappa shape index (κ2) is 7.64. The number of ether oxygens (including phenoxy) is 1. The summed E-state index contributed by atoms with van der Waals surface area (Å²) in [6, 6.07) is 11.3. The van der Waals surface area contributed by atoms with E-state index in [1.165, 1.54) is 12.2 Å². The van der Waals surface area contributed by atoms with Gasteiger partial charge in [0.15, 0.2) is 6.23 Å². The molecule has 0 aromatic heterocycles. The first-order valence-corrected chi connectivity index (χ1v) is 5.60. The van der Waals surface area contributed by atoms with Crippen LogP contribution in [-0.2, 0) is 9.53 Å². The maximum absolute atomic E-state index is 11.5. The molecule has 0 fully saturated rings. The third-order valence-corrected chi connectivity index (χ3v) is 2.17. The lowest BCUT2D eigenvalue weighted by atomic mass is 10.2. The molecule has 0 radical (unpaired) electrons. The van der Waals surface area contributed by atoms with Crippen LogP contribution in [0.1, 0.15) is 5.56 Å². The maximum atomic E-state index is 11.5. The number of hydrogen-bond donors (Lipinski definition) is 1. The standard InChI is InChI=1S/C15H14N2O2/c1-2-14(17)19-15(18)13(11-16)10-6-9-12-7-4-3-5-8-12/h2-10,14H,1,17H2. The second-order valence-corrected chi connectivity index (χ2v) is 3.57. The Bertz CT molecular complexity index is 539. The number of nitriles is 1. The van der Waals surface area contributed by atoms with Crippen LogP contribution < -0.4 is 5.73 Å². The minimum absolute atomic E-state index is 0.121. The normalized spacial score (nSPS) is 12.7. The number of nitrogens with two attached hydrogens (primary N) is 1. The van der Waals surface area contributed by atoms with Gasteiger partial charge in [0.1, 0.15) is 11.6 Å². The van der Waals surface area contributed by atoms with Crippen LogP contribution in [0.15, 0.2) is 60.7 Å². The molecular formula is C15H14N2O2. The Morgan fingerprint density at radius 3 is 2.68 bits per heavy atom. The Kier molecular flexibility index (Phi) is 5.80. The summed E-state index contributed by atoms with van der Waals surface area (Å²) in [6.07, 6.45) is 5.12. The van der Waals surface area contributed by atoms with Gasteiger partial charge in [-0.1, -0.05) is 49.1 Å². The maximum Gasteiger partial charge on any atom is 0.350 e. The molecule has 0 heterocycles. The van der Waals surface area contributed by atoms with Gasteiger partial charge in [-0.15, -0.1) is 0 Å². The van der Waals surface area contributed by atoms with E-state index in [0.29, 0.717) is 0 Å². The van der Waals surface area contributed by atoms with Crippen LogP contribution in [0.3, 0.4) is 0 Å². The number of hydrogen-bond acceptors (Lipinski definition) is 4. The molecule has 0 aliphatic rings. The molecule has 96 valence electrons. The number of benzene rings is 1. The molecule has 0 aliphatic heterocycles. The minimum atomic E-state index is -0.914. The summed E-state index contributed by atoms with van der Waals surface area (Å²) in [5.74, 6) is -0.771. The Balaban J connectivity index is 2.73. The molecule has 0 saturated carbocycles. The fourth-order valence-corrected chi connectivity index (χ4v) is 1.21. The van der Waals surface area contributed by atoms with Crippen molar-refractivity contribution in [2.24, 2.45) is 5.73 Å². The molecule has 1 rings (SSSR count). The number of carbonyl (C=O) groups is 1. The van der Waals surface area contributed by atoms with Crippen molar-refractivity contribution in [1.82, 2.24) is 0 Å². The summed E-state index contributed by atoms with van der Waals surface area (Å²) in [5.41, 5.74) is 6.21. The molecular weight excluding hydrogens is 240 g/mol. The fourth-order valence-electron chi connectivity index (χ4n) is 1.21. The van der Waals surface area contributed by atoms with Gasteiger partial charge in [0.25, 0.3) is 0 Å². The lowest BCUT2D eigenvalue weighted by Gasteiger charge is -2.06. The summed E-state index contributed by atoms with van der Waals surface area (Å²) in [7, 11) is 0. The minimum Gasteiger partial charge on any atom is -0.439 e. The van der Waals surface area contributed by atoms with E-state index >= 15 is 0 Å². The molecule has 0 aliphatic carbocycles. The molecule has 1 aromatic carbocycles. The molecule has 0 spiro atoms. The summed E-state index contributed by atoms with van der Waals surface area (Å²) >= 11 is 0. The fraction of sp³-hybridized carbons (Fsp3) is 0.0667. The largest absolute Gasteiger partial charge is 0.439 e. The molecule has 0 bridgehead atoms. The van der Waals surface area contributed by atoms with Gasteiger partial charge in [0.2, 0.25) is 0 Å². The van der Waals surface area contributed by atoms with E-state index in [1.54, 1.807) is 18.2 Å². The van der Waals surface area contributed by atoms with Crippen LogP contribution in [0.25, 0.3) is 6.08 Å². The van der Waals surface area contributed by atoms with Crippen molar-refractivity contribution >= 4 is 12.0 Å². The van der Waals surface area contributed by atoms with Gasteiger partial charge in [-0.25, -0.2) is 4.79 Å². The highest BCUT2D eigenvalue weighted by Gasteiger charge is 2.11. The molecule has 1 unspecified atom stereocenters. The SMILES string of the molecule is C=CC(N)OC(=O)C(C#N)=CC=Cc1ccccc1. The summed E-state index contributed by atoms with van der Waals surface area (Å²) in [4.78, 5) is 11.5. The van der Waals surface area contributed by atoms with E-state index in [-0.39, 0.29) is 5.57 Å². The Hall–Kier alpha value is -2.64. The van der Waals surface area contributed by atoms with Crippen molar-refractivity contribution in [2.75, 3.05) is 0 Å². The summed E-state index contributed by atoms with van der Waals surface area (Å²) in [6.45, 7) is 3.38. The van der Waals surface area contributed by atoms with E-state index < -0.39 is 12.2 Å². The highest BCUT2D eigenvalue weighted by molar-refractivity contribution is 5.93. The lowest BCUT2D eigenvalue weighted by Crippen LogP contribution is -2.25. The smallest absolute Gasteiger partial charge is 0.350 e. The molecule has 1 aromatic rings. The molecule has 19 heavy (non-hydrogen) atoms. The van der Waals surface area contributed by atoms with Gasteiger partial charge >= 0.3 is 5.97 Å². The molecule has 0 amide bonds. The third-order valence-electron chi connectivity index (χ3n) is 2.17. The lowest BCUT2D eigenvalue weighted by molar-refractivity contribution is -0.141. The van der Waals surface area contributed by atoms with Crippen LogP contribution in [-0.4, -0.2) is 12.2 Å². The van der Waals surface area contributed by atoms with Gasteiger partial charge in [0, 0.05) is 0 Å². The molecule has 4 heteroatoms. The van der Waals surface area contributed by atoms with Crippen LogP contribution in [0.4, 0.5) is 0 Å². The number of allylic oxidation sites excluding steroid dienone is 2. The van der Waals surface area contributed by atoms with E-state index in [1.807, 2.05) is 30.3 Å². The monoisotopic (exact) mass is 254 g/mol. The third kappa shape index (κ3) is 5.02. The Morgan fingerprint density at radius 2 is 2.11 bits per heavy atom. The van der Waals surface area contributed by atoms with Crippen molar-refractivity contribution in [3.05, 3.63) is 66.3 Å². The second-order valence-electron chi connectivity index (χ2n) is 3.57. The molecule has 2 N–H and O–H groups in total. The molecule has 4 nitrogen and oxygen atoms in total. The van der Waals surface area contributed by atoms with Crippen LogP contribution >= 0.6 is 0 Å². The van der Waals surface area contributed by atoms with Gasteiger partial charge in [-0.2, -0.15) is 5.26 Å². The van der Waals surface area contributed by atoms with Crippen molar-refractivity contribution < 1.29 is 9.53 Å². The van der Waals surface area contributed by atoms with E-state index in [9.17, 15) is 4.79 Å². The highest BCUT2D eigenvalue weighted by Crippen LogP contribution is 2.04. The first-order chi connectivity index (χ1) is 9.17. The van der Waals surface area contributed by atoms with Gasteiger partial charge in [0.05, 0.1) is 0 Å². The van der Waals surface area contributed by atoms with E-state index in [4.69, 9.17) is 15.7 Å². The first kappa shape index (κ1) is 14.4. The molecule has 0 saturated heterocycles. The average Bonchev–Trinajstić information content (AvgIpc) is 2.44. The summed E-state index contributed by atoms with van der Waals surface area (Å²) < 4.78 is 4.75. The quantitative estimate of drug-likeness (QED) is 0.218. The predicted molar refractivity (Wildman–Crippen MR) is 73.4 cm³/mol. The Labute approximate surface area is 112 Å². The van der Waals surface area contributed by atoms with Crippen molar-refractivity contribution in [3.8, 4) is 6.07 Å². The van der Waals surface area contributed by atoms with Crippen molar-refractivity contribution in [1.29, 1.82) is 5.26 Å². The number of esters is 1. The average molecular weight is 254 g/mol. The van der Waals surface area contributed by atoms with Crippen LogP contribution in [0, 0.1) is 11.3 Å². The van der Waals surface area contributed by atoms with E-state index in [0.717, 1.165) is 5.56 Å². The zero-order valence-electron chi connectivity index (χ0n) is 10.3. The van der Waals surface area contributed by atoms with Crippen molar-refractivity contribution in [2.45, 2.75) is 6.23 Å². The predicted octanol–water partition coefficient (Wildman–Crippen LogP) is 2.16. The molecule has 1 atom stereocenters.